The number of rotatable bonds is 4. The lowest BCUT2D eigenvalue weighted by molar-refractivity contribution is -0.148. The molecular weight excluding hydrogens is 242 g/mol. The molecule has 1 fully saturated rings. The van der Waals surface area contributed by atoms with Crippen LogP contribution in [0.2, 0.25) is 0 Å². The summed E-state index contributed by atoms with van der Waals surface area (Å²) in [5.41, 5.74) is 2.89. The van der Waals surface area contributed by atoms with E-state index in [1.165, 1.54) is 0 Å². The summed E-state index contributed by atoms with van der Waals surface area (Å²) in [5.74, 6) is -0.166. The Labute approximate surface area is 113 Å². The van der Waals surface area contributed by atoms with Crippen LogP contribution in [0.25, 0.3) is 0 Å². The number of anilines is 1. The zero-order valence-electron chi connectivity index (χ0n) is 11.5. The Morgan fingerprint density at radius 3 is 2.63 bits per heavy atom. The Morgan fingerprint density at radius 2 is 2.05 bits per heavy atom. The molecule has 2 rings (SSSR count). The van der Waals surface area contributed by atoms with E-state index in [1.54, 1.807) is 0 Å². The first-order valence-electron chi connectivity index (χ1n) is 6.51. The third kappa shape index (κ3) is 3.56. The minimum Gasteiger partial charge on any atom is -0.455 e. The van der Waals surface area contributed by atoms with Crippen molar-refractivity contribution >= 4 is 17.6 Å². The highest BCUT2D eigenvalue weighted by molar-refractivity contribution is 5.93. The molecule has 0 bridgehead atoms. The molecule has 1 saturated carbocycles. The summed E-state index contributed by atoms with van der Waals surface area (Å²) in [6, 6.07) is 5.78. The van der Waals surface area contributed by atoms with Gasteiger partial charge < -0.3 is 10.1 Å². The van der Waals surface area contributed by atoms with Crippen LogP contribution in [0.15, 0.2) is 18.2 Å². The summed E-state index contributed by atoms with van der Waals surface area (Å²) >= 11 is 0. The van der Waals surface area contributed by atoms with Crippen molar-refractivity contribution in [3.8, 4) is 0 Å². The van der Waals surface area contributed by atoms with E-state index in [0.29, 0.717) is 5.92 Å². The van der Waals surface area contributed by atoms with E-state index in [9.17, 15) is 9.59 Å². The van der Waals surface area contributed by atoms with Crippen LogP contribution in [0, 0.1) is 25.7 Å². The fourth-order valence-electron chi connectivity index (χ4n) is 2.03. The molecule has 1 N–H and O–H groups in total. The Kier molecular flexibility index (Phi) is 3.88. The van der Waals surface area contributed by atoms with Crippen molar-refractivity contribution in [1.82, 2.24) is 0 Å². The fourth-order valence-corrected chi connectivity index (χ4v) is 2.03. The number of benzene rings is 1. The summed E-state index contributed by atoms with van der Waals surface area (Å²) in [7, 11) is 0. The normalized spacial score (nSPS) is 20.8. The molecule has 0 unspecified atom stereocenters. The second-order valence-corrected chi connectivity index (χ2v) is 5.29. The lowest BCUT2D eigenvalue weighted by atomic mass is 10.1. The van der Waals surface area contributed by atoms with E-state index in [0.717, 1.165) is 23.2 Å². The molecule has 0 radical (unpaired) electrons. The number of esters is 1. The van der Waals surface area contributed by atoms with Gasteiger partial charge in [0.1, 0.15) is 0 Å². The first-order chi connectivity index (χ1) is 8.97. The van der Waals surface area contributed by atoms with Gasteiger partial charge in [-0.1, -0.05) is 24.6 Å². The van der Waals surface area contributed by atoms with Gasteiger partial charge in [0, 0.05) is 5.69 Å². The van der Waals surface area contributed by atoms with Gasteiger partial charge in [-0.3, -0.25) is 9.59 Å². The molecule has 2 atom stereocenters. The molecule has 0 aliphatic heterocycles. The van der Waals surface area contributed by atoms with Crippen LogP contribution in [0.1, 0.15) is 24.5 Å². The van der Waals surface area contributed by atoms with Gasteiger partial charge in [0.2, 0.25) is 0 Å². The maximum absolute atomic E-state index is 11.7. The van der Waals surface area contributed by atoms with E-state index in [1.807, 2.05) is 39.0 Å². The number of carbonyl (C=O) groups excluding carboxylic acids is 2. The maximum atomic E-state index is 11.7. The van der Waals surface area contributed by atoms with Gasteiger partial charge in [0.25, 0.3) is 5.91 Å². The largest absolute Gasteiger partial charge is 0.455 e. The van der Waals surface area contributed by atoms with Gasteiger partial charge in [0.15, 0.2) is 6.61 Å². The van der Waals surface area contributed by atoms with E-state index >= 15 is 0 Å². The minimum atomic E-state index is -0.298. The molecule has 0 heterocycles. The highest BCUT2D eigenvalue weighted by Gasteiger charge is 2.40. The van der Waals surface area contributed by atoms with E-state index in [4.69, 9.17) is 4.74 Å². The second kappa shape index (κ2) is 5.43. The third-order valence-electron chi connectivity index (χ3n) is 3.41. The van der Waals surface area contributed by atoms with E-state index < -0.39 is 0 Å². The number of nitrogens with one attached hydrogen (secondary N) is 1. The lowest BCUT2D eigenvalue weighted by Gasteiger charge is -2.09. The summed E-state index contributed by atoms with van der Waals surface area (Å²) < 4.78 is 4.98. The molecule has 19 heavy (non-hydrogen) atoms. The number of amides is 1. The minimum absolute atomic E-state index is 0.00564. The predicted molar refractivity (Wildman–Crippen MR) is 72.8 cm³/mol. The standard InChI is InChI=1S/C15H19NO3/c1-9-4-5-13(11(3)6-9)16-14(17)8-19-15(18)12-7-10(12)2/h4-6,10,12H,7-8H2,1-3H3,(H,16,17)/t10-,12+/m1/s1. The molecule has 1 aromatic rings. The van der Waals surface area contributed by atoms with Crippen molar-refractivity contribution in [2.75, 3.05) is 11.9 Å². The Balaban J connectivity index is 1.82. The van der Waals surface area contributed by atoms with Crippen LogP contribution in [0.5, 0.6) is 0 Å². The highest BCUT2D eigenvalue weighted by Crippen LogP contribution is 2.38. The molecular formula is C15H19NO3. The second-order valence-electron chi connectivity index (χ2n) is 5.29. The fraction of sp³-hybridized carbons (Fsp3) is 0.467. The van der Waals surface area contributed by atoms with Crippen LogP contribution >= 0.6 is 0 Å². The molecule has 0 aromatic heterocycles. The zero-order valence-corrected chi connectivity index (χ0v) is 11.5. The average molecular weight is 261 g/mol. The van der Waals surface area contributed by atoms with Gasteiger partial charge in [-0.2, -0.15) is 0 Å². The van der Waals surface area contributed by atoms with Gasteiger partial charge in [-0.15, -0.1) is 0 Å². The first-order valence-corrected chi connectivity index (χ1v) is 6.51. The number of hydrogen-bond donors (Lipinski definition) is 1. The number of carbonyl (C=O) groups is 2. The molecule has 1 aliphatic carbocycles. The topological polar surface area (TPSA) is 55.4 Å². The molecule has 4 heteroatoms. The number of ether oxygens (including phenoxy) is 1. The van der Waals surface area contributed by atoms with E-state index in [2.05, 4.69) is 5.32 Å². The molecule has 1 aromatic carbocycles. The average Bonchev–Trinajstić information content (AvgIpc) is 3.07. The van der Waals surface area contributed by atoms with Crippen LogP contribution in [0.3, 0.4) is 0 Å². The van der Waals surface area contributed by atoms with Crippen molar-refractivity contribution in [3.63, 3.8) is 0 Å². The summed E-state index contributed by atoms with van der Waals surface area (Å²) in [6.07, 6.45) is 0.873. The van der Waals surface area contributed by atoms with Gasteiger partial charge in [0.05, 0.1) is 5.92 Å². The van der Waals surface area contributed by atoms with Crippen molar-refractivity contribution < 1.29 is 14.3 Å². The Bertz CT molecular complexity index is 510. The van der Waals surface area contributed by atoms with Gasteiger partial charge in [-0.05, 0) is 37.8 Å². The van der Waals surface area contributed by atoms with Crippen molar-refractivity contribution in [2.45, 2.75) is 27.2 Å². The molecule has 0 saturated heterocycles. The van der Waals surface area contributed by atoms with Crippen molar-refractivity contribution in [3.05, 3.63) is 29.3 Å². The van der Waals surface area contributed by atoms with Crippen LogP contribution in [0.4, 0.5) is 5.69 Å². The molecule has 1 aliphatic rings. The van der Waals surface area contributed by atoms with Crippen LogP contribution < -0.4 is 5.32 Å². The molecule has 1 amide bonds. The SMILES string of the molecule is Cc1ccc(NC(=O)COC(=O)[C@H]2C[C@H]2C)c(C)c1. The van der Waals surface area contributed by atoms with Crippen molar-refractivity contribution in [1.29, 1.82) is 0 Å². The first kappa shape index (κ1) is 13.6. The Hall–Kier alpha value is -1.84. The number of aryl methyl sites for hydroxylation is 2. The summed E-state index contributed by atoms with van der Waals surface area (Å²) in [6.45, 7) is 5.72. The van der Waals surface area contributed by atoms with Gasteiger partial charge in [-0.25, -0.2) is 0 Å². The molecule has 0 spiro atoms. The quantitative estimate of drug-likeness (QED) is 0.847. The monoisotopic (exact) mass is 261 g/mol. The third-order valence-corrected chi connectivity index (χ3v) is 3.41. The molecule has 102 valence electrons. The van der Waals surface area contributed by atoms with Crippen LogP contribution in [-0.4, -0.2) is 18.5 Å². The Morgan fingerprint density at radius 1 is 1.37 bits per heavy atom. The zero-order chi connectivity index (χ0) is 14.0. The number of hydrogen-bond acceptors (Lipinski definition) is 3. The van der Waals surface area contributed by atoms with E-state index in [-0.39, 0.29) is 24.4 Å². The molecule has 4 nitrogen and oxygen atoms in total. The summed E-state index contributed by atoms with van der Waals surface area (Å²) in [5, 5.41) is 2.75. The van der Waals surface area contributed by atoms with Crippen LogP contribution in [-0.2, 0) is 14.3 Å². The van der Waals surface area contributed by atoms with Gasteiger partial charge >= 0.3 is 5.97 Å². The lowest BCUT2D eigenvalue weighted by Crippen LogP contribution is -2.22. The smallest absolute Gasteiger partial charge is 0.309 e. The van der Waals surface area contributed by atoms with Crippen molar-refractivity contribution in [2.24, 2.45) is 11.8 Å². The highest BCUT2D eigenvalue weighted by atomic mass is 16.5. The summed E-state index contributed by atoms with van der Waals surface area (Å²) in [4.78, 5) is 23.2. The maximum Gasteiger partial charge on any atom is 0.309 e. The predicted octanol–water partition coefficient (Wildman–Crippen LogP) is 2.44.